The molecule has 0 aliphatic heterocycles. The van der Waals surface area contributed by atoms with Gasteiger partial charge >= 0.3 is 0 Å². The van der Waals surface area contributed by atoms with Crippen LogP contribution in [-0.2, 0) is 60.6 Å². The Labute approximate surface area is 633 Å². The van der Waals surface area contributed by atoms with Gasteiger partial charge in [-0.3, -0.25) is 14.4 Å². The molecule has 0 radical (unpaired) electrons. The van der Waals surface area contributed by atoms with Crippen molar-refractivity contribution in [3.63, 3.8) is 0 Å². The molecular weight excluding hydrogens is 1370 g/mol. The third kappa shape index (κ3) is 19.9. The number of ketones is 1. The molecular formula is C92H113N2O9P3. The molecule has 14 heteroatoms. The van der Waals surface area contributed by atoms with Crippen LogP contribution < -0.4 is 56.7 Å². The highest BCUT2D eigenvalue weighted by Crippen LogP contribution is 2.55. The van der Waals surface area contributed by atoms with Gasteiger partial charge in [-0.25, -0.2) is 0 Å². The van der Waals surface area contributed by atoms with Crippen LogP contribution in [0.15, 0.2) is 218 Å². The van der Waals surface area contributed by atoms with E-state index in [1.807, 2.05) is 182 Å². The minimum atomic E-state index is -3.43. The number of benzene rings is 9. The molecule has 9 rings (SSSR count). The van der Waals surface area contributed by atoms with Crippen LogP contribution in [0.25, 0.3) is 0 Å². The first-order valence-electron chi connectivity index (χ1n) is 37.3. The second kappa shape index (κ2) is 33.4. The van der Waals surface area contributed by atoms with Gasteiger partial charge in [-0.1, -0.05) is 343 Å². The maximum atomic E-state index is 15.3. The Hall–Kier alpha value is -8.32. The number of nitrogens with one attached hydrogen (secondary N) is 2. The van der Waals surface area contributed by atoms with E-state index in [1.165, 1.54) is 0 Å². The van der Waals surface area contributed by atoms with Crippen molar-refractivity contribution in [3.8, 4) is 17.2 Å². The lowest BCUT2D eigenvalue weighted by molar-refractivity contribution is -0.119. The Bertz CT molecular complexity index is 4050. The van der Waals surface area contributed by atoms with Crippen LogP contribution in [-0.4, -0.2) is 69.0 Å². The van der Waals surface area contributed by atoms with Crippen LogP contribution >= 0.6 is 21.4 Å². The molecule has 11 nitrogen and oxygen atoms in total. The molecule has 2 N–H and O–H groups in total. The molecule has 0 unspecified atom stereocenters. The first-order valence-corrected chi connectivity index (χ1v) is 43.0. The Morgan fingerprint density at radius 3 is 0.792 bits per heavy atom. The zero-order valence-corrected chi connectivity index (χ0v) is 68.6. The van der Waals surface area contributed by atoms with Crippen LogP contribution in [0, 0.1) is 0 Å². The molecule has 106 heavy (non-hydrogen) atoms. The second-order valence-corrected chi connectivity index (χ2v) is 42.8. The highest BCUT2D eigenvalue weighted by molar-refractivity contribution is 7.80. The minimum Gasteiger partial charge on any atom is -0.493 e. The smallest absolute Gasteiger partial charge is 0.228 e. The van der Waals surface area contributed by atoms with E-state index < -0.39 is 59.8 Å². The number of rotatable bonds is 28. The van der Waals surface area contributed by atoms with E-state index in [0.29, 0.717) is 55.5 Å². The Balaban J connectivity index is 1.24. The molecule has 0 fully saturated rings. The summed E-state index contributed by atoms with van der Waals surface area (Å²) in [6.45, 7) is 40.2. The molecule has 2 amide bonds. The van der Waals surface area contributed by atoms with Crippen LogP contribution in [0.3, 0.4) is 0 Å². The summed E-state index contributed by atoms with van der Waals surface area (Å²) in [5.74, 6) is 0.258. The van der Waals surface area contributed by atoms with Crippen LogP contribution in [0.1, 0.15) is 193 Å². The van der Waals surface area contributed by atoms with E-state index >= 15 is 13.7 Å². The van der Waals surface area contributed by atoms with Gasteiger partial charge in [-0.2, -0.15) is 0 Å². The first kappa shape index (κ1) is 81.8. The summed E-state index contributed by atoms with van der Waals surface area (Å²) in [5.41, 5.74) is 5.66. The number of carbonyl (C=O) groups excluding carboxylic acids is 3. The zero-order valence-electron chi connectivity index (χ0n) is 65.9. The number of ether oxygens (including phenoxy) is 3. The predicted octanol–water partition coefficient (Wildman–Crippen LogP) is 18.4. The maximum absolute atomic E-state index is 15.3. The van der Waals surface area contributed by atoms with Gasteiger partial charge in [-0.05, 0) is 55.6 Å². The molecule has 0 aliphatic carbocycles. The topological polar surface area (TPSA) is 154 Å². The lowest BCUT2D eigenvalue weighted by Gasteiger charge is -2.37. The van der Waals surface area contributed by atoms with Crippen molar-refractivity contribution < 1.29 is 42.3 Å². The number of hydrogen-bond acceptors (Lipinski definition) is 9. The number of hydrogen-bond donors (Lipinski definition) is 2. The molecule has 0 heterocycles. The molecule has 560 valence electrons. The Kier molecular flexibility index (Phi) is 25.8. The average molecular weight is 1480 g/mol. The van der Waals surface area contributed by atoms with Gasteiger partial charge in [0.1, 0.15) is 43.4 Å². The fourth-order valence-corrected chi connectivity index (χ4v) is 21.1. The molecule has 0 aromatic heterocycles. The summed E-state index contributed by atoms with van der Waals surface area (Å²) < 4.78 is 68.4. The predicted molar refractivity (Wildman–Crippen MR) is 443 cm³/mol. The standard InChI is InChI=1S/C92H113N2O9P3/c1-87(2,3)65-56-75(84(78(59-65)90(10,11)12)101-53-37-38-68(95)62-104(98,69-39-25-19-26-40-69)70-41-27-20-28-42-70)83(76-57-66(88(4,5)6)60-79(91(13,14)15)85(76)102-54-51-93-81(96)63-105(99,71-43-29-21-30-44-71)72-45-31-22-32-46-72)77-58-67(89(7,8)9)61-80(92(16,17)18)86(77)103-55-52-94-82(97)64-106(100,73-47-33-23-34-48-73)74-49-35-24-36-50-74/h19-36,39-50,56-61,83H,37-38,51-55,62-64H2,1-18H3,(H,93,96)(H,94,97). The normalized spacial score (nSPS) is 12.7. The molecule has 9 aromatic rings. The van der Waals surface area contributed by atoms with Crippen molar-refractivity contribution in [2.24, 2.45) is 0 Å². The van der Waals surface area contributed by atoms with Crippen molar-refractivity contribution in [2.45, 2.75) is 176 Å². The summed E-state index contributed by atoms with van der Waals surface area (Å²) in [7, 11) is -10.2. The van der Waals surface area contributed by atoms with Crippen molar-refractivity contribution in [1.29, 1.82) is 0 Å². The zero-order chi connectivity index (χ0) is 77.3. The van der Waals surface area contributed by atoms with E-state index in [-0.39, 0.29) is 75.4 Å². The summed E-state index contributed by atoms with van der Waals surface area (Å²) in [6, 6.07) is 69.2. The summed E-state index contributed by atoms with van der Waals surface area (Å²) in [4.78, 5) is 43.6. The molecule has 0 aliphatic rings. The third-order valence-corrected chi connectivity index (χ3v) is 28.7. The van der Waals surface area contributed by atoms with E-state index in [9.17, 15) is 14.4 Å². The summed E-state index contributed by atoms with van der Waals surface area (Å²) in [6.07, 6.45) is -0.164. The minimum absolute atomic E-state index is 0.0400. The van der Waals surface area contributed by atoms with E-state index in [0.717, 1.165) is 50.1 Å². The highest BCUT2D eigenvalue weighted by atomic mass is 31.2. The Morgan fingerprint density at radius 2 is 0.557 bits per heavy atom. The third-order valence-electron chi connectivity index (χ3n) is 19.7. The van der Waals surface area contributed by atoms with Gasteiger partial charge in [0.2, 0.25) is 11.8 Å². The number of amides is 2. The fourth-order valence-electron chi connectivity index (χ4n) is 13.5. The lowest BCUT2D eigenvalue weighted by Crippen LogP contribution is -2.34. The average Bonchev–Trinajstić information content (AvgIpc) is 0.756. The quantitative estimate of drug-likeness (QED) is 0.0277. The van der Waals surface area contributed by atoms with Crippen molar-refractivity contribution in [1.82, 2.24) is 10.6 Å². The van der Waals surface area contributed by atoms with Gasteiger partial charge in [0.15, 0.2) is 14.3 Å². The first-order chi connectivity index (χ1) is 49.7. The van der Waals surface area contributed by atoms with Crippen LogP contribution in [0.2, 0.25) is 0 Å². The SMILES string of the molecule is CC(C)(C)c1cc(C(c2cc(C(C)(C)C)cc(C(C)(C)C)c2OCCNC(=O)CP(=O)(c2ccccc2)c2ccccc2)c2cc(C(C)(C)C)cc(C(C)(C)C)c2OCCNC(=O)CP(=O)(c2ccccc2)c2ccccc2)c(OCCCC(=O)CP(=O)(c2ccccc2)c2ccccc2)c(C(C)(C)C)c1. The number of Topliss-reactive ketones (excluding diaryl/α,β-unsaturated/α-hetero) is 1. The van der Waals surface area contributed by atoms with Gasteiger partial charge in [0, 0.05) is 77.5 Å². The van der Waals surface area contributed by atoms with Crippen LogP contribution in [0.4, 0.5) is 0 Å². The lowest BCUT2D eigenvalue weighted by atomic mass is 9.70. The van der Waals surface area contributed by atoms with Crippen molar-refractivity contribution >= 4 is 70.9 Å². The molecule has 0 saturated heterocycles. The largest absolute Gasteiger partial charge is 0.493 e. The van der Waals surface area contributed by atoms with Gasteiger partial charge < -0.3 is 38.5 Å². The molecule has 0 spiro atoms. The number of carbonyl (C=O) groups is 3. The summed E-state index contributed by atoms with van der Waals surface area (Å²) >= 11 is 0. The second-order valence-electron chi connectivity index (χ2n) is 34.4. The van der Waals surface area contributed by atoms with Crippen LogP contribution in [0.5, 0.6) is 17.2 Å². The van der Waals surface area contributed by atoms with Gasteiger partial charge in [0.05, 0.1) is 38.2 Å². The monoisotopic (exact) mass is 1480 g/mol. The molecule has 0 atom stereocenters. The van der Waals surface area contributed by atoms with E-state index in [2.05, 4.69) is 172 Å². The van der Waals surface area contributed by atoms with Crippen molar-refractivity contribution in [2.75, 3.05) is 51.4 Å². The molecule has 9 aromatic carbocycles. The fraction of sp³-hybridized carbons (Fsp3) is 0.380. The maximum Gasteiger partial charge on any atom is 0.228 e. The molecule has 0 saturated carbocycles. The van der Waals surface area contributed by atoms with Gasteiger partial charge in [-0.15, -0.1) is 0 Å². The molecule has 0 bridgehead atoms. The summed E-state index contributed by atoms with van der Waals surface area (Å²) in [5, 5.41) is 9.94. The highest BCUT2D eigenvalue weighted by Gasteiger charge is 2.40. The van der Waals surface area contributed by atoms with E-state index in [1.54, 1.807) is 0 Å². The van der Waals surface area contributed by atoms with Gasteiger partial charge in [0.25, 0.3) is 0 Å². The Morgan fingerprint density at radius 1 is 0.321 bits per heavy atom. The van der Waals surface area contributed by atoms with Crippen molar-refractivity contribution in [3.05, 3.63) is 268 Å². The van der Waals surface area contributed by atoms with E-state index in [4.69, 9.17) is 14.2 Å².